The van der Waals surface area contributed by atoms with E-state index in [1.807, 2.05) is 23.5 Å². The van der Waals surface area contributed by atoms with Gasteiger partial charge in [-0.05, 0) is 88.8 Å². The van der Waals surface area contributed by atoms with Crippen molar-refractivity contribution in [2.45, 2.75) is 26.2 Å². The van der Waals surface area contributed by atoms with E-state index in [1.165, 1.54) is 81.1 Å². The summed E-state index contributed by atoms with van der Waals surface area (Å²) in [5, 5.41) is 5.07. The zero-order valence-corrected chi connectivity index (χ0v) is 29.4. The topological polar surface area (TPSA) is 6.48 Å². The summed E-state index contributed by atoms with van der Waals surface area (Å²) in [7, 11) is 0. The summed E-state index contributed by atoms with van der Waals surface area (Å²) in [5.41, 5.74) is 14.6. The molecule has 0 saturated carbocycles. The van der Waals surface area contributed by atoms with Crippen LogP contribution < -0.4 is 20.7 Å². The van der Waals surface area contributed by atoms with E-state index in [-0.39, 0.29) is 17.9 Å². The Morgan fingerprint density at radius 2 is 1.24 bits per heavy atom. The lowest BCUT2D eigenvalue weighted by Crippen LogP contribution is -2.57. The van der Waals surface area contributed by atoms with Crippen LogP contribution in [0.5, 0.6) is 0 Å². The maximum atomic E-state index is 14.6. The highest BCUT2D eigenvalue weighted by Gasteiger charge is 2.53. The first kappa shape index (κ1) is 29.1. The van der Waals surface area contributed by atoms with Crippen molar-refractivity contribution in [1.82, 2.24) is 0 Å². The Balaban J connectivity index is 1.38. The molecule has 0 saturated heterocycles. The standard InChI is InChI=1S/C46H32BFN2S/c1-27-19-23-29(24-20-27)50-37-17-10-16-36-40(37)47(45-43(50)33-13-6-8-15-35(33)46(45,2)3)41-39-34-14-7-9-18-38(34)51-44(39)32-12-5-4-11-31(32)42(41)49(36)30-25-21-28(48)22-26-30/h4-26H,1-3H3. The zero-order valence-electron chi connectivity index (χ0n) is 28.5. The summed E-state index contributed by atoms with van der Waals surface area (Å²) in [5.74, 6) is -0.237. The molecule has 2 nitrogen and oxygen atoms in total. The van der Waals surface area contributed by atoms with Crippen LogP contribution in [-0.4, -0.2) is 6.71 Å². The van der Waals surface area contributed by atoms with Gasteiger partial charge in [0.05, 0.1) is 0 Å². The minimum absolute atomic E-state index is 0.0212. The maximum Gasteiger partial charge on any atom is 0.249 e. The molecule has 0 amide bonds. The molecule has 242 valence electrons. The van der Waals surface area contributed by atoms with Gasteiger partial charge in [-0.2, -0.15) is 0 Å². The van der Waals surface area contributed by atoms with Gasteiger partial charge in [0.25, 0.3) is 0 Å². The lowest BCUT2D eigenvalue weighted by molar-refractivity contribution is 0.628. The molecule has 1 aromatic heterocycles. The minimum Gasteiger partial charge on any atom is -0.311 e. The lowest BCUT2D eigenvalue weighted by atomic mass is 9.29. The van der Waals surface area contributed by atoms with Crippen molar-refractivity contribution in [3.05, 3.63) is 168 Å². The number of fused-ring (bicyclic) bond motifs is 12. The largest absolute Gasteiger partial charge is 0.311 e. The van der Waals surface area contributed by atoms with Crippen LogP contribution in [-0.2, 0) is 5.41 Å². The molecule has 0 spiro atoms. The number of thiophene rings is 1. The highest BCUT2D eigenvalue weighted by Crippen LogP contribution is 2.57. The van der Waals surface area contributed by atoms with Crippen LogP contribution in [0.2, 0.25) is 0 Å². The number of aryl methyl sites for hydroxylation is 1. The molecule has 8 aromatic rings. The second-order valence-corrected chi connectivity index (χ2v) is 15.7. The van der Waals surface area contributed by atoms with Crippen molar-refractivity contribution in [3.63, 3.8) is 0 Å². The zero-order chi connectivity index (χ0) is 34.2. The third-order valence-electron chi connectivity index (χ3n) is 11.6. The summed E-state index contributed by atoms with van der Waals surface area (Å²) in [6.45, 7) is 6.97. The van der Waals surface area contributed by atoms with Gasteiger partial charge in [-0.15, -0.1) is 11.3 Å². The van der Waals surface area contributed by atoms with Crippen molar-refractivity contribution in [3.8, 4) is 0 Å². The van der Waals surface area contributed by atoms with Crippen molar-refractivity contribution in [1.29, 1.82) is 0 Å². The summed E-state index contributed by atoms with van der Waals surface area (Å²) in [4.78, 5) is 4.95. The SMILES string of the molecule is Cc1ccc(N2C3=C(B4c5c2cccc5N(c2ccc(F)cc2)c2c4c4c5ccccc5sc4c4ccccc24)C(C)(C)c2ccccc23)cc1. The summed E-state index contributed by atoms with van der Waals surface area (Å²) >= 11 is 1.90. The average Bonchev–Trinajstić information content (AvgIpc) is 3.66. The van der Waals surface area contributed by atoms with Crippen molar-refractivity contribution < 1.29 is 4.39 Å². The molecule has 51 heavy (non-hydrogen) atoms. The van der Waals surface area contributed by atoms with Crippen LogP contribution in [0.15, 0.2) is 145 Å². The fraction of sp³-hybridized carbons (Fsp3) is 0.0870. The summed E-state index contributed by atoms with van der Waals surface area (Å²) in [6, 6.07) is 49.6. The molecule has 0 N–H and O–H groups in total. The van der Waals surface area contributed by atoms with Crippen LogP contribution in [0.3, 0.4) is 0 Å². The fourth-order valence-corrected chi connectivity index (χ4v) is 10.7. The van der Waals surface area contributed by atoms with Gasteiger partial charge in [-0.25, -0.2) is 4.39 Å². The van der Waals surface area contributed by atoms with Crippen molar-refractivity contribution >= 4 is 94.1 Å². The molecule has 0 fully saturated rings. The molecule has 0 atom stereocenters. The average molecular weight is 675 g/mol. The maximum absolute atomic E-state index is 14.6. The van der Waals surface area contributed by atoms with E-state index < -0.39 is 0 Å². The fourth-order valence-electron chi connectivity index (χ4n) is 9.46. The van der Waals surface area contributed by atoms with Gasteiger partial charge in [-0.3, -0.25) is 0 Å². The Hall–Kier alpha value is -5.65. The van der Waals surface area contributed by atoms with E-state index in [1.54, 1.807) is 12.1 Å². The van der Waals surface area contributed by atoms with Gasteiger partial charge in [0.2, 0.25) is 6.71 Å². The Morgan fingerprint density at radius 1 is 0.608 bits per heavy atom. The molecular weight excluding hydrogens is 642 g/mol. The van der Waals surface area contributed by atoms with Crippen LogP contribution in [0.25, 0.3) is 36.6 Å². The van der Waals surface area contributed by atoms with Crippen molar-refractivity contribution in [2.24, 2.45) is 0 Å². The molecule has 0 unspecified atom stereocenters. The second kappa shape index (κ2) is 10.2. The number of anilines is 5. The summed E-state index contributed by atoms with van der Waals surface area (Å²) in [6.07, 6.45) is 0. The Labute approximate surface area is 300 Å². The van der Waals surface area contributed by atoms with Crippen LogP contribution in [0, 0.1) is 12.7 Å². The number of halogens is 1. The van der Waals surface area contributed by atoms with Crippen LogP contribution >= 0.6 is 11.3 Å². The third-order valence-corrected chi connectivity index (χ3v) is 12.8. The molecular formula is C46H32BFN2S. The minimum atomic E-state index is -0.260. The van der Waals surface area contributed by atoms with Gasteiger partial charge in [0, 0.05) is 65.3 Å². The predicted molar refractivity (Wildman–Crippen MR) is 216 cm³/mol. The number of rotatable bonds is 2. The number of hydrogen-bond donors (Lipinski definition) is 0. The van der Waals surface area contributed by atoms with E-state index in [9.17, 15) is 4.39 Å². The quantitative estimate of drug-likeness (QED) is 0.168. The summed E-state index contributed by atoms with van der Waals surface area (Å²) < 4.78 is 17.2. The molecule has 7 aromatic carbocycles. The highest BCUT2D eigenvalue weighted by atomic mass is 32.1. The monoisotopic (exact) mass is 674 g/mol. The first-order valence-corrected chi connectivity index (χ1v) is 18.5. The first-order chi connectivity index (χ1) is 24.9. The molecule has 0 radical (unpaired) electrons. The molecule has 0 bridgehead atoms. The van der Waals surface area contributed by atoms with Gasteiger partial charge in [0.15, 0.2) is 0 Å². The Morgan fingerprint density at radius 3 is 2.02 bits per heavy atom. The van der Waals surface area contributed by atoms with E-state index in [2.05, 4.69) is 146 Å². The van der Waals surface area contributed by atoms with Crippen LogP contribution in [0.4, 0.5) is 32.8 Å². The molecule has 3 heterocycles. The Kier molecular flexibility index (Phi) is 5.83. The Bertz CT molecular complexity index is 2810. The number of hydrogen-bond acceptors (Lipinski definition) is 3. The van der Waals surface area contributed by atoms with Gasteiger partial charge < -0.3 is 9.80 Å². The molecule has 3 aliphatic rings. The van der Waals surface area contributed by atoms with Crippen LogP contribution in [0.1, 0.15) is 30.5 Å². The van der Waals surface area contributed by atoms with E-state index in [0.717, 1.165) is 17.1 Å². The number of benzene rings is 7. The normalized spacial score (nSPS) is 15.4. The lowest BCUT2D eigenvalue weighted by Gasteiger charge is -2.46. The van der Waals surface area contributed by atoms with E-state index in [4.69, 9.17) is 0 Å². The number of nitrogens with zero attached hydrogens (tertiary/aromatic N) is 2. The van der Waals surface area contributed by atoms with E-state index >= 15 is 0 Å². The second-order valence-electron chi connectivity index (χ2n) is 14.7. The molecule has 2 aliphatic heterocycles. The van der Waals surface area contributed by atoms with Crippen molar-refractivity contribution in [2.75, 3.05) is 9.80 Å². The molecule has 11 rings (SSSR count). The van der Waals surface area contributed by atoms with E-state index in [0.29, 0.717) is 0 Å². The highest BCUT2D eigenvalue weighted by molar-refractivity contribution is 7.27. The smallest absolute Gasteiger partial charge is 0.249 e. The van der Waals surface area contributed by atoms with Gasteiger partial charge in [0.1, 0.15) is 5.82 Å². The number of allylic oxidation sites excluding steroid dienone is 1. The van der Waals surface area contributed by atoms with Gasteiger partial charge in [-0.1, -0.05) is 110 Å². The van der Waals surface area contributed by atoms with Gasteiger partial charge >= 0.3 is 0 Å². The molecule has 5 heteroatoms. The molecule has 1 aliphatic carbocycles. The predicted octanol–water partition coefficient (Wildman–Crippen LogP) is 11.4. The third kappa shape index (κ3) is 3.77. The first-order valence-electron chi connectivity index (χ1n) is 17.7.